The Morgan fingerprint density at radius 3 is 2.36 bits per heavy atom. The highest BCUT2D eigenvalue weighted by molar-refractivity contribution is 6.01. The molecule has 1 aromatic heterocycles. The minimum atomic E-state index is -1.01. The SMILES string of the molecule is NC(=O)c1ncc(N2CCC[C@@H](N3CCOC3=O)C2)nc1Nc1ccc(C2CCN(CC3CN(c4cc(F)c([C@H]5CCC(=O)NC5=O)c(F)c4)C3)CC2)cc1. The second kappa shape index (κ2) is 15.4. The predicted molar refractivity (Wildman–Crippen MR) is 199 cm³/mol. The Kier molecular flexibility index (Phi) is 10.2. The number of piperidine rings is 3. The van der Waals surface area contributed by atoms with Gasteiger partial charge in [-0.1, -0.05) is 12.1 Å². The van der Waals surface area contributed by atoms with Crippen LogP contribution in [0.25, 0.3) is 0 Å². The van der Waals surface area contributed by atoms with E-state index in [1.165, 1.54) is 17.7 Å². The predicted octanol–water partition coefficient (Wildman–Crippen LogP) is 3.85. The topological polar surface area (TPSA) is 166 Å². The number of benzene rings is 2. The highest BCUT2D eigenvalue weighted by Gasteiger charge is 2.36. The summed E-state index contributed by atoms with van der Waals surface area (Å²) in [6.45, 7) is 6.54. The number of nitrogens with zero attached hydrogens (tertiary/aromatic N) is 6. The maximum Gasteiger partial charge on any atom is 0.410 e. The molecule has 0 unspecified atom stereocenters. The second-order valence-electron chi connectivity index (χ2n) is 15.3. The van der Waals surface area contributed by atoms with Crippen LogP contribution in [0.4, 0.5) is 36.6 Å². The van der Waals surface area contributed by atoms with E-state index in [0.717, 1.165) is 57.5 Å². The van der Waals surface area contributed by atoms with E-state index in [1.807, 2.05) is 17.0 Å². The van der Waals surface area contributed by atoms with Gasteiger partial charge in [0.25, 0.3) is 5.91 Å². The molecule has 14 nitrogen and oxygen atoms in total. The number of ether oxygens (including phenoxy) is 1. The molecule has 0 aliphatic carbocycles. The lowest BCUT2D eigenvalue weighted by Gasteiger charge is -2.44. The zero-order valence-electron chi connectivity index (χ0n) is 30.5. The number of nitrogens with two attached hydrogens (primary N) is 1. The molecule has 0 radical (unpaired) electrons. The van der Waals surface area contributed by atoms with E-state index in [-0.39, 0.29) is 42.1 Å². The summed E-state index contributed by atoms with van der Waals surface area (Å²) in [6, 6.07) is 10.8. The molecule has 290 valence electrons. The Hall–Kier alpha value is -5.38. The Morgan fingerprint density at radius 2 is 1.69 bits per heavy atom. The van der Waals surface area contributed by atoms with E-state index < -0.39 is 35.3 Å². The van der Waals surface area contributed by atoms with Crippen LogP contribution < -0.4 is 26.2 Å². The Bertz CT molecular complexity index is 1950. The number of imide groups is 1. The molecule has 55 heavy (non-hydrogen) atoms. The number of primary amides is 1. The lowest BCUT2D eigenvalue weighted by atomic mass is 9.88. The zero-order chi connectivity index (χ0) is 38.2. The molecule has 3 aromatic rings. The van der Waals surface area contributed by atoms with Crippen LogP contribution in [0.5, 0.6) is 0 Å². The van der Waals surface area contributed by atoms with Crippen LogP contribution in [0.2, 0.25) is 0 Å². The Labute approximate surface area is 317 Å². The fraction of sp³-hybridized carbons (Fsp3) is 0.487. The minimum absolute atomic E-state index is 0.0185. The number of nitrogens with one attached hydrogen (secondary N) is 2. The summed E-state index contributed by atoms with van der Waals surface area (Å²) in [5.74, 6) is -2.61. The van der Waals surface area contributed by atoms with Gasteiger partial charge in [-0.15, -0.1) is 0 Å². The molecular formula is C39H45F2N9O5. The molecule has 0 spiro atoms. The van der Waals surface area contributed by atoms with Gasteiger partial charge in [0.2, 0.25) is 11.8 Å². The summed E-state index contributed by atoms with van der Waals surface area (Å²) in [4.78, 5) is 65.5. The van der Waals surface area contributed by atoms with Crippen molar-refractivity contribution in [3.63, 3.8) is 0 Å². The van der Waals surface area contributed by atoms with Crippen molar-refractivity contribution in [3.05, 3.63) is 71.1 Å². The van der Waals surface area contributed by atoms with E-state index in [0.29, 0.717) is 56.1 Å². The molecule has 2 atom stereocenters. The fourth-order valence-corrected chi connectivity index (χ4v) is 8.69. The van der Waals surface area contributed by atoms with Crippen LogP contribution in [0.1, 0.15) is 72.0 Å². The third kappa shape index (κ3) is 7.77. The first-order chi connectivity index (χ1) is 26.6. The molecule has 5 aliphatic rings. The van der Waals surface area contributed by atoms with Crippen molar-refractivity contribution < 1.29 is 32.7 Å². The van der Waals surface area contributed by atoms with Crippen LogP contribution in [0.3, 0.4) is 0 Å². The number of hydrogen-bond donors (Lipinski definition) is 3. The number of hydrogen-bond acceptors (Lipinski definition) is 11. The van der Waals surface area contributed by atoms with Crippen molar-refractivity contribution in [3.8, 4) is 0 Å². The van der Waals surface area contributed by atoms with Gasteiger partial charge in [0, 0.05) is 62.0 Å². The lowest BCUT2D eigenvalue weighted by Crippen LogP contribution is -2.52. The van der Waals surface area contributed by atoms with Gasteiger partial charge in [-0.25, -0.2) is 23.5 Å². The standard InChI is InChI=1S/C39H45F2N9O5/c40-30-16-28(17-31(41)34(30)29-7-8-33(51)46-38(29)53)49-20-23(21-49)19-47-12-9-25(10-13-47)24-3-5-26(6-4-24)44-37-35(36(42)52)43-18-32(45-37)48-11-1-2-27(22-48)50-14-15-55-39(50)54/h3-6,16-18,23,25,27,29H,1-2,7-15,19-22H2,(H2,42,52)(H,44,45)(H,46,51,53)/t27-,29-/m1/s1. The summed E-state index contributed by atoms with van der Waals surface area (Å²) in [6.07, 6.45) is 5.20. The summed E-state index contributed by atoms with van der Waals surface area (Å²) < 4.78 is 35.3. The van der Waals surface area contributed by atoms with E-state index in [1.54, 1.807) is 11.1 Å². The molecule has 2 aromatic carbocycles. The second-order valence-corrected chi connectivity index (χ2v) is 15.3. The van der Waals surface area contributed by atoms with Gasteiger partial charge in [0.15, 0.2) is 11.5 Å². The van der Waals surface area contributed by atoms with Crippen molar-refractivity contribution >= 4 is 46.8 Å². The van der Waals surface area contributed by atoms with Crippen molar-refractivity contribution in [2.45, 2.75) is 56.4 Å². The maximum absolute atomic E-state index is 15.1. The summed E-state index contributed by atoms with van der Waals surface area (Å²) in [5.41, 5.74) is 7.90. The number of aromatic nitrogens is 2. The number of carbonyl (C=O) groups is 4. The molecule has 6 heterocycles. The number of carbonyl (C=O) groups excluding carboxylic acids is 4. The van der Waals surface area contributed by atoms with Crippen molar-refractivity contribution in [1.29, 1.82) is 0 Å². The number of cyclic esters (lactones) is 1. The lowest BCUT2D eigenvalue weighted by molar-refractivity contribution is -0.134. The van der Waals surface area contributed by atoms with Gasteiger partial charge in [0.1, 0.15) is 24.1 Å². The minimum Gasteiger partial charge on any atom is -0.448 e. The maximum atomic E-state index is 15.1. The molecular weight excluding hydrogens is 712 g/mol. The largest absolute Gasteiger partial charge is 0.448 e. The summed E-state index contributed by atoms with van der Waals surface area (Å²) in [7, 11) is 0. The monoisotopic (exact) mass is 757 g/mol. The van der Waals surface area contributed by atoms with E-state index in [4.69, 9.17) is 15.5 Å². The van der Waals surface area contributed by atoms with E-state index in [2.05, 4.69) is 37.6 Å². The zero-order valence-corrected chi connectivity index (χ0v) is 30.5. The normalized spacial score (nSPS) is 22.7. The number of anilines is 4. The molecule has 0 saturated carbocycles. The molecule has 5 aliphatic heterocycles. The smallest absolute Gasteiger partial charge is 0.410 e. The molecule has 4 amide bonds. The van der Waals surface area contributed by atoms with Gasteiger partial charge in [-0.05, 0) is 80.9 Å². The Balaban J connectivity index is 0.825. The van der Waals surface area contributed by atoms with Crippen molar-refractivity contribution in [2.24, 2.45) is 11.7 Å². The fourth-order valence-electron chi connectivity index (χ4n) is 8.69. The summed E-state index contributed by atoms with van der Waals surface area (Å²) >= 11 is 0. The Morgan fingerprint density at radius 1 is 0.945 bits per heavy atom. The van der Waals surface area contributed by atoms with Crippen molar-refractivity contribution in [2.75, 3.05) is 74.1 Å². The van der Waals surface area contributed by atoms with E-state index in [9.17, 15) is 19.2 Å². The highest BCUT2D eigenvalue weighted by Crippen LogP contribution is 2.36. The number of rotatable bonds is 10. The van der Waals surface area contributed by atoms with Crippen LogP contribution in [-0.4, -0.2) is 109 Å². The molecule has 5 fully saturated rings. The number of likely N-dealkylation sites (tertiary alicyclic amines) is 1. The van der Waals surface area contributed by atoms with Crippen LogP contribution in [0, 0.1) is 17.6 Å². The first kappa shape index (κ1) is 36.6. The van der Waals surface area contributed by atoms with Gasteiger partial charge in [-0.2, -0.15) is 0 Å². The third-order valence-corrected chi connectivity index (χ3v) is 11.7. The average Bonchev–Trinajstić information content (AvgIpc) is 3.59. The van der Waals surface area contributed by atoms with Gasteiger partial charge in [0.05, 0.1) is 24.7 Å². The summed E-state index contributed by atoms with van der Waals surface area (Å²) in [5, 5.41) is 5.43. The van der Waals surface area contributed by atoms with Gasteiger partial charge >= 0.3 is 6.09 Å². The van der Waals surface area contributed by atoms with Crippen LogP contribution in [0.15, 0.2) is 42.6 Å². The van der Waals surface area contributed by atoms with Gasteiger partial charge < -0.3 is 35.4 Å². The average molecular weight is 758 g/mol. The molecule has 8 rings (SSSR count). The number of amides is 4. The third-order valence-electron chi connectivity index (χ3n) is 11.7. The molecule has 4 N–H and O–H groups in total. The highest BCUT2D eigenvalue weighted by atomic mass is 19.1. The van der Waals surface area contributed by atoms with Crippen LogP contribution >= 0.6 is 0 Å². The number of halogens is 2. The molecule has 0 bridgehead atoms. The van der Waals surface area contributed by atoms with Gasteiger partial charge in [-0.3, -0.25) is 19.7 Å². The molecule has 16 heteroatoms. The van der Waals surface area contributed by atoms with Crippen LogP contribution in [-0.2, 0) is 14.3 Å². The first-order valence-electron chi connectivity index (χ1n) is 19.1. The quantitative estimate of drug-likeness (QED) is 0.257. The van der Waals surface area contributed by atoms with E-state index >= 15 is 8.78 Å². The van der Waals surface area contributed by atoms with Crippen molar-refractivity contribution in [1.82, 2.24) is 25.1 Å². The first-order valence-corrected chi connectivity index (χ1v) is 19.1. The molecule has 5 saturated heterocycles.